The molecule has 39 heavy (non-hydrogen) atoms. The topological polar surface area (TPSA) is 146 Å². The van der Waals surface area contributed by atoms with E-state index in [4.69, 9.17) is 4.74 Å². The van der Waals surface area contributed by atoms with Gasteiger partial charge in [-0.3, -0.25) is 25.0 Å². The molecule has 1 amide bonds. The zero-order valence-corrected chi connectivity index (χ0v) is 21.1. The second kappa shape index (κ2) is 10.6. The highest BCUT2D eigenvalue weighted by atomic mass is 32.1. The van der Waals surface area contributed by atoms with Gasteiger partial charge in [-0.2, -0.15) is 9.78 Å². The van der Waals surface area contributed by atoms with Gasteiger partial charge >= 0.3 is 5.97 Å². The lowest BCUT2D eigenvalue weighted by molar-refractivity contribution is -0.384. The third kappa shape index (κ3) is 5.26. The van der Waals surface area contributed by atoms with Gasteiger partial charge in [0.1, 0.15) is 0 Å². The molecule has 1 N–H and O–H groups in total. The highest BCUT2D eigenvalue weighted by molar-refractivity contribution is 7.14. The Kier molecular flexibility index (Phi) is 6.93. The third-order valence-corrected chi connectivity index (χ3v) is 6.50. The number of nitrogens with one attached hydrogen (secondary N) is 1. The highest BCUT2D eigenvalue weighted by Crippen LogP contribution is 2.27. The summed E-state index contributed by atoms with van der Waals surface area (Å²) in [6, 6.07) is 21.2. The molecule has 0 saturated carbocycles. The summed E-state index contributed by atoms with van der Waals surface area (Å²) in [7, 11) is 0. The molecule has 0 unspecified atom stereocenters. The van der Waals surface area contributed by atoms with Crippen molar-refractivity contribution < 1.29 is 19.2 Å². The molecule has 5 aromatic rings. The van der Waals surface area contributed by atoms with Crippen molar-refractivity contribution in [3.8, 4) is 16.9 Å². The van der Waals surface area contributed by atoms with Crippen LogP contribution < -0.4 is 10.9 Å². The van der Waals surface area contributed by atoms with Gasteiger partial charge in [-0.15, -0.1) is 11.3 Å². The van der Waals surface area contributed by atoms with Crippen LogP contribution in [0.25, 0.3) is 27.7 Å². The third-order valence-electron chi connectivity index (χ3n) is 5.74. The summed E-state index contributed by atoms with van der Waals surface area (Å²) in [4.78, 5) is 53.8. The van der Waals surface area contributed by atoms with Crippen molar-refractivity contribution in [2.45, 2.75) is 13.0 Å². The molecule has 0 aliphatic heterocycles. The minimum Gasteiger partial charge on any atom is -0.448 e. The first-order valence-electron chi connectivity index (χ1n) is 11.6. The van der Waals surface area contributed by atoms with E-state index < -0.39 is 28.5 Å². The summed E-state index contributed by atoms with van der Waals surface area (Å²) in [6.45, 7) is 1.40. The maximum absolute atomic E-state index is 13.1. The molecule has 2 heterocycles. The number of anilines is 1. The van der Waals surface area contributed by atoms with Gasteiger partial charge in [0, 0.05) is 28.5 Å². The smallest absolute Gasteiger partial charge is 0.360 e. The van der Waals surface area contributed by atoms with Crippen molar-refractivity contribution in [3.05, 3.63) is 110 Å². The summed E-state index contributed by atoms with van der Waals surface area (Å²) in [5.41, 5.74) is 0.843. The monoisotopic (exact) mass is 541 g/mol. The normalized spacial score (nSPS) is 11.6. The van der Waals surface area contributed by atoms with Crippen LogP contribution in [0, 0.1) is 10.1 Å². The van der Waals surface area contributed by atoms with E-state index in [2.05, 4.69) is 15.4 Å². The lowest BCUT2D eigenvalue weighted by Gasteiger charge is -2.14. The number of non-ortho nitro benzene ring substituents is 1. The highest BCUT2D eigenvalue weighted by Gasteiger charge is 2.24. The van der Waals surface area contributed by atoms with Crippen LogP contribution in [0.1, 0.15) is 17.4 Å². The lowest BCUT2D eigenvalue weighted by atomic mass is 10.1. The second-order valence-electron chi connectivity index (χ2n) is 8.33. The molecular formula is C27H19N5O6S. The molecule has 3 aromatic carbocycles. The van der Waals surface area contributed by atoms with E-state index in [-0.39, 0.29) is 21.9 Å². The van der Waals surface area contributed by atoms with E-state index in [0.29, 0.717) is 22.3 Å². The van der Waals surface area contributed by atoms with Gasteiger partial charge in [-0.05, 0) is 25.1 Å². The Balaban J connectivity index is 1.35. The zero-order valence-electron chi connectivity index (χ0n) is 20.3. The Morgan fingerprint density at radius 1 is 1.03 bits per heavy atom. The SMILES string of the molecule is C[C@H](OC(=O)c1nn(-c2ccccc2)c(=O)c2ccccc12)C(=O)Nc1nc(-c2cccc([N+](=O)[O-])c2)cs1. The van der Waals surface area contributed by atoms with Crippen molar-refractivity contribution in [1.29, 1.82) is 0 Å². The average Bonchev–Trinajstić information content (AvgIpc) is 3.42. The van der Waals surface area contributed by atoms with Crippen LogP contribution in [-0.4, -0.2) is 37.7 Å². The Labute approximate surface area is 224 Å². The Morgan fingerprint density at radius 2 is 1.74 bits per heavy atom. The molecule has 0 radical (unpaired) electrons. The number of para-hydroxylation sites is 1. The average molecular weight is 542 g/mol. The molecule has 2 aromatic heterocycles. The molecule has 0 bridgehead atoms. The number of carbonyl (C=O) groups is 2. The number of thiazole rings is 1. The van der Waals surface area contributed by atoms with Crippen molar-refractivity contribution in [3.63, 3.8) is 0 Å². The number of nitro benzene ring substituents is 1. The molecule has 0 aliphatic carbocycles. The van der Waals surface area contributed by atoms with Crippen LogP contribution in [0.5, 0.6) is 0 Å². The van der Waals surface area contributed by atoms with Gasteiger partial charge in [0.2, 0.25) is 0 Å². The standard InChI is InChI=1S/C27H19N5O6S/c1-16(24(33)29-27-28-22(15-39-27)17-8-7-11-19(14-17)32(36)37)38-26(35)23-20-12-5-6-13-21(20)25(34)31(30-23)18-9-3-2-4-10-18/h2-16H,1H3,(H,28,29,33)/t16-/m0/s1. The maximum Gasteiger partial charge on any atom is 0.360 e. The number of nitrogens with zero attached hydrogens (tertiary/aromatic N) is 4. The molecule has 0 fully saturated rings. The van der Waals surface area contributed by atoms with E-state index in [1.54, 1.807) is 72.1 Å². The number of ether oxygens (including phenoxy) is 1. The van der Waals surface area contributed by atoms with Crippen LogP contribution in [0.15, 0.2) is 89.0 Å². The summed E-state index contributed by atoms with van der Waals surface area (Å²) < 4.78 is 6.54. The van der Waals surface area contributed by atoms with E-state index in [9.17, 15) is 24.5 Å². The van der Waals surface area contributed by atoms with Gasteiger partial charge in [0.25, 0.3) is 17.2 Å². The lowest BCUT2D eigenvalue weighted by Crippen LogP contribution is -2.31. The fourth-order valence-corrected chi connectivity index (χ4v) is 4.53. The number of benzene rings is 3. The van der Waals surface area contributed by atoms with Crippen LogP contribution >= 0.6 is 11.3 Å². The summed E-state index contributed by atoms with van der Waals surface area (Å²) in [5, 5.41) is 20.4. The van der Waals surface area contributed by atoms with Gasteiger partial charge < -0.3 is 4.74 Å². The molecule has 5 rings (SSSR count). The molecule has 0 spiro atoms. The molecule has 1 atom stereocenters. The van der Waals surface area contributed by atoms with Crippen molar-refractivity contribution >= 4 is 44.8 Å². The molecule has 0 aliphatic rings. The quantitative estimate of drug-likeness (QED) is 0.179. The van der Waals surface area contributed by atoms with Gasteiger partial charge in [-0.25, -0.2) is 9.78 Å². The molecule has 0 saturated heterocycles. The first-order chi connectivity index (χ1) is 18.8. The molecule has 11 nitrogen and oxygen atoms in total. The minimum absolute atomic E-state index is 0.0775. The van der Waals surface area contributed by atoms with E-state index in [0.717, 1.165) is 16.0 Å². The number of fused-ring (bicyclic) bond motifs is 1. The van der Waals surface area contributed by atoms with Gasteiger partial charge in [0.05, 0.1) is 21.7 Å². The van der Waals surface area contributed by atoms with Crippen molar-refractivity contribution in [2.24, 2.45) is 0 Å². The van der Waals surface area contributed by atoms with Gasteiger partial charge in [-0.1, -0.05) is 48.5 Å². The Hall–Kier alpha value is -5.23. The number of nitro groups is 1. The van der Waals surface area contributed by atoms with Crippen LogP contribution in [0.4, 0.5) is 10.8 Å². The fourth-order valence-electron chi connectivity index (χ4n) is 3.80. The van der Waals surface area contributed by atoms with Crippen molar-refractivity contribution in [1.82, 2.24) is 14.8 Å². The summed E-state index contributed by atoms with van der Waals surface area (Å²) >= 11 is 1.12. The first-order valence-corrected chi connectivity index (χ1v) is 12.5. The maximum atomic E-state index is 13.1. The second-order valence-corrected chi connectivity index (χ2v) is 9.19. The number of hydrogen-bond donors (Lipinski definition) is 1. The van der Waals surface area contributed by atoms with Crippen molar-refractivity contribution in [2.75, 3.05) is 5.32 Å². The van der Waals surface area contributed by atoms with Crippen LogP contribution in [-0.2, 0) is 9.53 Å². The number of aromatic nitrogens is 3. The molecule has 12 heteroatoms. The largest absolute Gasteiger partial charge is 0.448 e. The number of hydrogen-bond acceptors (Lipinski definition) is 9. The zero-order chi connectivity index (χ0) is 27.5. The predicted octanol–water partition coefficient (Wildman–Crippen LogP) is 4.60. The Bertz CT molecular complexity index is 1780. The predicted molar refractivity (Wildman–Crippen MR) is 145 cm³/mol. The number of esters is 1. The molecular weight excluding hydrogens is 522 g/mol. The fraction of sp³-hybridized carbons (Fsp3) is 0.0741. The van der Waals surface area contributed by atoms with E-state index in [1.807, 2.05) is 0 Å². The number of carbonyl (C=O) groups excluding carboxylic acids is 2. The van der Waals surface area contributed by atoms with Crippen LogP contribution in [0.3, 0.4) is 0 Å². The summed E-state index contributed by atoms with van der Waals surface area (Å²) in [6.07, 6.45) is -1.22. The summed E-state index contributed by atoms with van der Waals surface area (Å²) in [5.74, 6) is -1.51. The minimum atomic E-state index is -1.22. The molecule has 194 valence electrons. The number of rotatable bonds is 7. The Morgan fingerprint density at radius 3 is 2.49 bits per heavy atom. The number of amides is 1. The van der Waals surface area contributed by atoms with E-state index in [1.165, 1.54) is 19.1 Å². The van der Waals surface area contributed by atoms with Gasteiger partial charge in [0.15, 0.2) is 16.9 Å². The van der Waals surface area contributed by atoms with Crippen LogP contribution in [0.2, 0.25) is 0 Å². The first kappa shape index (κ1) is 25.4. The van der Waals surface area contributed by atoms with E-state index >= 15 is 0 Å².